The third-order valence-electron chi connectivity index (χ3n) is 3.45. The molecule has 1 saturated carbocycles. The number of ether oxygens (including phenoxy) is 1. The molecule has 0 aliphatic heterocycles. The zero-order chi connectivity index (χ0) is 13.8. The molecular formula is C14H18BrNO3. The molecule has 5 heteroatoms. The Morgan fingerprint density at radius 1 is 1.37 bits per heavy atom. The average Bonchev–Trinajstić information content (AvgIpc) is 2.42. The molecule has 0 radical (unpaired) electrons. The maximum Gasteiger partial charge on any atom is 0.252 e. The number of carbonyl (C=O) groups is 1. The average molecular weight is 328 g/mol. The zero-order valence-corrected chi connectivity index (χ0v) is 12.4. The Morgan fingerprint density at radius 3 is 2.68 bits per heavy atom. The van der Waals surface area contributed by atoms with Crippen molar-refractivity contribution in [3.63, 3.8) is 0 Å². The van der Waals surface area contributed by atoms with Crippen molar-refractivity contribution >= 4 is 21.8 Å². The predicted octanol–water partition coefficient (Wildman–Crippen LogP) is 2.49. The first-order chi connectivity index (χ1) is 9.10. The van der Waals surface area contributed by atoms with Gasteiger partial charge in [-0.2, -0.15) is 0 Å². The summed E-state index contributed by atoms with van der Waals surface area (Å²) in [4.78, 5) is 12.2. The van der Waals surface area contributed by atoms with E-state index in [1.54, 1.807) is 25.3 Å². The minimum Gasteiger partial charge on any atom is -0.497 e. The largest absolute Gasteiger partial charge is 0.497 e. The van der Waals surface area contributed by atoms with Crippen LogP contribution in [0.2, 0.25) is 0 Å². The van der Waals surface area contributed by atoms with E-state index in [4.69, 9.17) is 4.74 Å². The smallest absolute Gasteiger partial charge is 0.252 e. The van der Waals surface area contributed by atoms with E-state index in [1.807, 2.05) is 0 Å². The molecule has 0 saturated heterocycles. The molecule has 1 aromatic rings. The lowest BCUT2D eigenvalue weighted by molar-refractivity contribution is 0.0866. The highest BCUT2D eigenvalue weighted by molar-refractivity contribution is 9.10. The Hall–Kier alpha value is -1.07. The van der Waals surface area contributed by atoms with E-state index in [-0.39, 0.29) is 18.1 Å². The molecule has 19 heavy (non-hydrogen) atoms. The summed E-state index contributed by atoms with van der Waals surface area (Å²) in [7, 11) is 1.58. The zero-order valence-electron chi connectivity index (χ0n) is 10.9. The molecule has 1 aliphatic rings. The van der Waals surface area contributed by atoms with Gasteiger partial charge in [-0.25, -0.2) is 0 Å². The normalized spacial score (nSPS) is 22.9. The molecule has 0 heterocycles. The molecule has 0 spiro atoms. The van der Waals surface area contributed by atoms with Crippen molar-refractivity contribution in [3.8, 4) is 5.75 Å². The van der Waals surface area contributed by atoms with Crippen LogP contribution in [0, 0.1) is 0 Å². The van der Waals surface area contributed by atoms with Crippen LogP contribution in [0.15, 0.2) is 22.7 Å². The molecule has 0 unspecified atom stereocenters. The fraction of sp³-hybridized carbons (Fsp3) is 0.500. The Kier molecular flexibility index (Phi) is 4.82. The lowest BCUT2D eigenvalue weighted by atomic mass is 9.93. The SMILES string of the molecule is COc1ccc(Br)c(C(=O)NC2CCC(O)CC2)c1. The molecule has 0 aromatic heterocycles. The fourth-order valence-corrected chi connectivity index (χ4v) is 2.72. The van der Waals surface area contributed by atoms with Gasteiger partial charge in [0.05, 0.1) is 18.8 Å². The van der Waals surface area contributed by atoms with Crippen molar-refractivity contribution in [3.05, 3.63) is 28.2 Å². The molecule has 4 nitrogen and oxygen atoms in total. The summed E-state index contributed by atoms with van der Waals surface area (Å²) in [5.74, 6) is 0.555. The van der Waals surface area contributed by atoms with Gasteiger partial charge in [-0.1, -0.05) is 0 Å². The minimum absolute atomic E-state index is 0.104. The molecule has 0 atom stereocenters. The molecule has 1 fully saturated rings. The van der Waals surface area contributed by atoms with Crippen molar-refractivity contribution < 1.29 is 14.6 Å². The van der Waals surface area contributed by atoms with Crippen LogP contribution in [0.1, 0.15) is 36.0 Å². The minimum atomic E-state index is -0.211. The number of methoxy groups -OCH3 is 1. The maximum absolute atomic E-state index is 12.2. The highest BCUT2D eigenvalue weighted by atomic mass is 79.9. The molecule has 1 amide bonds. The number of hydrogen-bond acceptors (Lipinski definition) is 3. The van der Waals surface area contributed by atoms with Gasteiger partial charge in [0.2, 0.25) is 0 Å². The van der Waals surface area contributed by atoms with Crippen molar-refractivity contribution in [1.29, 1.82) is 0 Å². The third kappa shape index (κ3) is 3.70. The summed E-state index contributed by atoms with van der Waals surface area (Å²) in [6.45, 7) is 0. The van der Waals surface area contributed by atoms with E-state index >= 15 is 0 Å². The molecule has 0 bridgehead atoms. The second kappa shape index (κ2) is 6.39. The Balaban J connectivity index is 2.03. The number of nitrogens with one attached hydrogen (secondary N) is 1. The topological polar surface area (TPSA) is 58.6 Å². The molecular weight excluding hydrogens is 310 g/mol. The predicted molar refractivity (Wildman–Crippen MR) is 76.4 cm³/mol. The van der Waals surface area contributed by atoms with Crippen LogP contribution < -0.4 is 10.1 Å². The van der Waals surface area contributed by atoms with E-state index in [1.165, 1.54) is 0 Å². The van der Waals surface area contributed by atoms with Gasteiger partial charge < -0.3 is 15.2 Å². The van der Waals surface area contributed by atoms with Gasteiger partial charge in [0.1, 0.15) is 5.75 Å². The van der Waals surface area contributed by atoms with Gasteiger partial charge in [0.15, 0.2) is 0 Å². The highest BCUT2D eigenvalue weighted by Crippen LogP contribution is 2.24. The number of hydrogen-bond donors (Lipinski definition) is 2. The number of halogens is 1. The molecule has 104 valence electrons. The van der Waals surface area contributed by atoms with Gasteiger partial charge in [-0.3, -0.25) is 4.79 Å². The van der Waals surface area contributed by atoms with E-state index in [0.717, 1.165) is 30.2 Å². The van der Waals surface area contributed by atoms with Crippen molar-refractivity contribution in [2.24, 2.45) is 0 Å². The summed E-state index contributed by atoms with van der Waals surface area (Å²) in [5.41, 5.74) is 0.575. The number of carbonyl (C=O) groups excluding carboxylic acids is 1. The van der Waals surface area contributed by atoms with E-state index < -0.39 is 0 Å². The molecule has 2 N–H and O–H groups in total. The molecule has 2 rings (SSSR count). The number of aliphatic hydroxyl groups excluding tert-OH is 1. The number of benzene rings is 1. The summed E-state index contributed by atoms with van der Waals surface area (Å²) >= 11 is 3.38. The first-order valence-corrected chi connectivity index (χ1v) is 7.22. The van der Waals surface area contributed by atoms with Crippen LogP contribution in [0.25, 0.3) is 0 Å². The van der Waals surface area contributed by atoms with Crippen LogP contribution in [0.4, 0.5) is 0 Å². The summed E-state index contributed by atoms with van der Waals surface area (Å²) in [5, 5.41) is 12.5. The van der Waals surface area contributed by atoms with Crippen LogP contribution >= 0.6 is 15.9 Å². The van der Waals surface area contributed by atoms with Crippen LogP contribution in [-0.2, 0) is 0 Å². The monoisotopic (exact) mass is 327 g/mol. The first kappa shape index (κ1) is 14.3. The first-order valence-electron chi connectivity index (χ1n) is 6.42. The fourth-order valence-electron chi connectivity index (χ4n) is 2.29. The Bertz CT molecular complexity index is 456. The van der Waals surface area contributed by atoms with Gasteiger partial charge in [-0.05, 0) is 59.8 Å². The highest BCUT2D eigenvalue weighted by Gasteiger charge is 2.22. The van der Waals surface area contributed by atoms with Crippen LogP contribution in [0.5, 0.6) is 5.75 Å². The van der Waals surface area contributed by atoms with E-state index in [2.05, 4.69) is 21.2 Å². The molecule has 1 aliphatic carbocycles. The Morgan fingerprint density at radius 2 is 2.05 bits per heavy atom. The lowest BCUT2D eigenvalue weighted by Crippen LogP contribution is -2.38. The second-order valence-electron chi connectivity index (χ2n) is 4.82. The number of amides is 1. The molecule has 1 aromatic carbocycles. The number of aliphatic hydroxyl groups is 1. The summed E-state index contributed by atoms with van der Waals surface area (Å²) < 4.78 is 5.88. The van der Waals surface area contributed by atoms with Crippen molar-refractivity contribution in [1.82, 2.24) is 5.32 Å². The lowest BCUT2D eigenvalue weighted by Gasteiger charge is -2.26. The standard InChI is InChI=1S/C14H18BrNO3/c1-19-11-6-7-13(15)12(8-11)14(18)16-9-2-4-10(17)5-3-9/h6-10,17H,2-5H2,1H3,(H,16,18). The summed E-state index contributed by atoms with van der Waals surface area (Å²) in [6.07, 6.45) is 2.95. The van der Waals surface area contributed by atoms with Crippen molar-refractivity contribution in [2.75, 3.05) is 7.11 Å². The van der Waals surface area contributed by atoms with E-state index in [0.29, 0.717) is 11.3 Å². The van der Waals surface area contributed by atoms with Crippen LogP contribution in [-0.4, -0.2) is 30.3 Å². The number of rotatable bonds is 3. The van der Waals surface area contributed by atoms with Crippen LogP contribution in [0.3, 0.4) is 0 Å². The van der Waals surface area contributed by atoms with Gasteiger partial charge in [0, 0.05) is 10.5 Å². The van der Waals surface area contributed by atoms with E-state index in [9.17, 15) is 9.90 Å². The maximum atomic E-state index is 12.2. The second-order valence-corrected chi connectivity index (χ2v) is 5.68. The summed E-state index contributed by atoms with van der Waals surface area (Å²) in [6, 6.07) is 5.47. The van der Waals surface area contributed by atoms with Gasteiger partial charge in [-0.15, -0.1) is 0 Å². The third-order valence-corrected chi connectivity index (χ3v) is 4.14. The van der Waals surface area contributed by atoms with Crippen molar-refractivity contribution in [2.45, 2.75) is 37.8 Å². The Labute approximate surface area is 121 Å². The van der Waals surface area contributed by atoms with Gasteiger partial charge >= 0.3 is 0 Å². The quantitative estimate of drug-likeness (QED) is 0.896. The van der Waals surface area contributed by atoms with Gasteiger partial charge in [0.25, 0.3) is 5.91 Å².